The zero-order valence-corrected chi connectivity index (χ0v) is 11.9. The van der Waals surface area contributed by atoms with E-state index >= 15 is 0 Å². The second kappa shape index (κ2) is 5.74. The summed E-state index contributed by atoms with van der Waals surface area (Å²) in [6, 6.07) is 0. The Labute approximate surface area is 113 Å². The lowest BCUT2D eigenvalue weighted by atomic mass is 9.72. The lowest BCUT2D eigenvalue weighted by Gasteiger charge is -2.28. The summed E-state index contributed by atoms with van der Waals surface area (Å²) < 4.78 is 0. The van der Waals surface area contributed by atoms with Gasteiger partial charge in [0, 0.05) is 19.4 Å². The Morgan fingerprint density at radius 2 is 1.26 bits per heavy atom. The van der Waals surface area contributed by atoms with Crippen molar-refractivity contribution < 1.29 is 19.2 Å². The van der Waals surface area contributed by atoms with Crippen LogP contribution in [0.15, 0.2) is 0 Å². The summed E-state index contributed by atoms with van der Waals surface area (Å²) in [6.45, 7) is 6.40. The van der Waals surface area contributed by atoms with Crippen LogP contribution in [-0.4, -0.2) is 35.2 Å². The highest BCUT2D eigenvalue weighted by molar-refractivity contribution is 6.09. The van der Waals surface area contributed by atoms with E-state index in [1.165, 1.54) is 13.8 Å². The van der Waals surface area contributed by atoms with Crippen LogP contribution in [0, 0.1) is 11.8 Å². The topological polar surface area (TPSA) is 90.2 Å². The lowest BCUT2D eigenvalue weighted by Crippen LogP contribution is -2.49. The van der Waals surface area contributed by atoms with Gasteiger partial charge in [0.25, 0.3) is 0 Å². The normalized spacial score (nSPS) is 24.4. The molecule has 0 spiro atoms. The molecule has 0 bridgehead atoms. The minimum Gasteiger partial charge on any atom is -0.306 e. The molecule has 0 aromatic heterocycles. The minimum atomic E-state index is -0.974. The van der Waals surface area contributed by atoms with Gasteiger partial charge in [-0.3, -0.25) is 19.2 Å². The second-order valence-electron chi connectivity index (χ2n) is 5.12. The van der Waals surface area contributed by atoms with Crippen LogP contribution in [0.2, 0.25) is 0 Å². The Morgan fingerprint density at radius 1 is 0.947 bits per heavy atom. The van der Waals surface area contributed by atoms with Gasteiger partial charge in [0.05, 0.1) is 17.4 Å². The number of carbonyl (C=O) groups excluding carboxylic acids is 4. The lowest BCUT2D eigenvalue weighted by molar-refractivity contribution is -0.137. The Kier molecular flexibility index (Phi) is 4.74. The van der Waals surface area contributed by atoms with Gasteiger partial charge >= 0.3 is 0 Å². The van der Waals surface area contributed by atoms with Gasteiger partial charge in [-0.05, 0) is 13.8 Å². The average Bonchev–Trinajstić information content (AvgIpc) is 3.08. The molecule has 1 heterocycles. The molecule has 0 amide bonds. The van der Waals surface area contributed by atoms with Crippen LogP contribution >= 0.6 is 0 Å². The molecule has 1 fully saturated rings. The first kappa shape index (κ1) is 15.7. The van der Waals surface area contributed by atoms with E-state index in [1.54, 1.807) is 13.8 Å². The molecular weight excluding hydrogens is 246 g/mol. The van der Waals surface area contributed by atoms with Gasteiger partial charge in [0.1, 0.15) is 23.1 Å². The molecule has 0 aromatic carbocycles. The third kappa shape index (κ3) is 2.81. The van der Waals surface area contributed by atoms with E-state index < -0.39 is 17.4 Å². The number of ketones is 4. The van der Waals surface area contributed by atoms with Crippen LogP contribution in [0.4, 0.5) is 0 Å². The molecule has 1 rings (SSSR count). The molecular formula is C14H21NO4. The second-order valence-corrected chi connectivity index (χ2v) is 5.12. The summed E-state index contributed by atoms with van der Waals surface area (Å²) in [6.07, 6.45) is 0.442. The van der Waals surface area contributed by atoms with Crippen molar-refractivity contribution >= 4 is 23.1 Å². The summed E-state index contributed by atoms with van der Waals surface area (Å²) in [5.41, 5.74) is -0.974. The maximum atomic E-state index is 12.0. The van der Waals surface area contributed by atoms with Gasteiger partial charge in [-0.25, -0.2) is 0 Å². The highest BCUT2D eigenvalue weighted by atomic mass is 16.2. The van der Waals surface area contributed by atoms with Crippen molar-refractivity contribution in [3.05, 3.63) is 0 Å². The van der Waals surface area contributed by atoms with E-state index in [-0.39, 0.29) is 36.0 Å². The predicted molar refractivity (Wildman–Crippen MR) is 69.7 cm³/mol. The predicted octanol–water partition coefficient (Wildman–Crippen LogP) is 0.697. The summed E-state index contributed by atoms with van der Waals surface area (Å²) in [4.78, 5) is 47.6. The SMILES string of the molecule is CCC(=O)C(C(C)=O)C1(C(C(C)=O)C(=O)CC)CN1. The first-order chi connectivity index (χ1) is 8.81. The zero-order valence-electron chi connectivity index (χ0n) is 11.9. The van der Waals surface area contributed by atoms with E-state index in [1.807, 2.05) is 0 Å². The summed E-state index contributed by atoms with van der Waals surface area (Å²) >= 11 is 0. The Balaban J connectivity index is 3.19. The quantitative estimate of drug-likeness (QED) is 0.516. The molecule has 2 unspecified atom stereocenters. The number of nitrogens with one attached hydrogen (secondary N) is 1. The molecule has 1 saturated heterocycles. The number of rotatable bonds is 8. The summed E-state index contributed by atoms with van der Waals surface area (Å²) in [7, 11) is 0. The van der Waals surface area contributed by atoms with Gasteiger partial charge in [-0.2, -0.15) is 0 Å². The molecule has 2 atom stereocenters. The maximum Gasteiger partial charge on any atom is 0.145 e. The summed E-state index contributed by atoms with van der Waals surface area (Å²) in [5.74, 6) is -2.80. The first-order valence-electron chi connectivity index (χ1n) is 6.63. The molecule has 1 N–H and O–H groups in total. The maximum absolute atomic E-state index is 12.0. The molecule has 1 aliphatic rings. The number of hydrogen-bond acceptors (Lipinski definition) is 5. The van der Waals surface area contributed by atoms with Crippen LogP contribution in [0.25, 0.3) is 0 Å². The van der Waals surface area contributed by atoms with Crippen molar-refractivity contribution in [1.82, 2.24) is 5.32 Å². The average molecular weight is 267 g/mol. The molecule has 5 heteroatoms. The fourth-order valence-corrected chi connectivity index (χ4v) is 2.84. The smallest absolute Gasteiger partial charge is 0.145 e. The van der Waals surface area contributed by atoms with Gasteiger partial charge in [0.2, 0.25) is 0 Å². The van der Waals surface area contributed by atoms with Crippen molar-refractivity contribution in [3.63, 3.8) is 0 Å². The van der Waals surface area contributed by atoms with Crippen LogP contribution < -0.4 is 5.32 Å². The Bertz CT molecular complexity index is 387. The molecule has 0 radical (unpaired) electrons. The zero-order chi connectivity index (χ0) is 14.8. The van der Waals surface area contributed by atoms with Crippen LogP contribution in [0.3, 0.4) is 0 Å². The third-order valence-corrected chi connectivity index (χ3v) is 3.77. The third-order valence-electron chi connectivity index (χ3n) is 3.77. The number of Topliss-reactive ketones (excluding diaryl/α,β-unsaturated/α-hetero) is 4. The van der Waals surface area contributed by atoms with Crippen molar-refractivity contribution in [1.29, 1.82) is 0 Å². The van der Waals surface area contributed by atoms with Crippen LogP contribution in [0.1, 0.15) is 40.5 Å². The monoisotopic (exact) mass is 267 g/mol. The van der Waals surface area contributed by atoms with E-state index in [4.69, 9.17) is 0 Å². The fourth-order valence-electron chi connectivity index (χ4n) is 2.84. The van der Waals surface area contributed by atoms with Gasteiger partial charge in [-0.15, -0.1) is 0 Å². The van der Waals surface area contributed by atoms with Gasteiger partial charge in [0.15, 0.2) is 0 Å². The van der Waals surface area contributed by atoms with E-state index in [9.17, 15) is 19.2 Å². The molecule has 0 aliphatic carbocycles. The van der Waals surface area contributed by atoms with Gasteiger partial charge in [-0.1, -0.05) is 13.8 Å². The van der Waals surface area contributed by atoms with Crippen molar-refractivity contribution in [3.8, 4) is 0 Å². The highest BCUT2D eigenvalue weighted by Gasteiger charge is 2.61. The van der Waals surface area contributed by atoms with Gasteiger partial charge < -0.3 is 5.32 Å². The molecule has 5 nitrogen and oxygen atoms in total. The van der Waals surface area contributed by atoms with Crippen LogP contribution in [0.5, 0.6) is 0 Å². The standard InChI is InChI=1S/C14H21NO4/c1-5-10(18)12(8(3)16)14(7-15-14)13(9(4)17)11(19)6-2/h12-13,15H,5-7H2,1-4H3. The highest BCUT2D eigenvalue weighted by Crippen LogP contribution is 2.38. The van der Waals surface area contributed by atoms with Crippen molar-refractivity contribution in [2.75, 3.05) is 6.54 Å². The fraction of sp³-hybridized carbons (Fsp3) is 0.714. The van der Waals surface area contributed by atoms with Crippen molar-refractivity contribution in [2.24, 2.45) is 11.8 Å². The largest absolute Gasteiger partial charge is 0.306 e. The first-order valence-corrected chi connectivity index (χ1v) is 6.63. The van der Waals surface area contributed by atoms with E-state index in [0.29, 0.717) is 6.54 Å². The summed E-state index contributed by atoms with van der Waals surface area (Å²) in [5, 5.41) is 2.96. The van der Waals surface area contributed by atoms with Crippen molar-refractivity contribution in [2.45, 2.75) is 46.1 Å². The minimum absolute atomic E-state index is 0.215. The molecule has 1 aliphatic heterocycles. The van der Waals surface area contributed by atoms with E-state index in [2.05, 4.69) is 5.32 Å². The number of carbonyl (C=O) groups is 4. The molecule has 0 aromatic rings. The molecule has 19 heavy (non-hydrogen) atoms. The Morgan fingerprint density at radius 3 is 1.42 bits per heavy atom. The number of hydrogen-bond donors (Lipinski definition) is 1. The Hall–Kier alpha value is -1.36. The van der Waals surface area contributed by atoms with Crippen LogP contribution in [-0.2, 0) is 19.2 Å². The molecule has 106 valence electrons. The van der Waals surface area contributed by atoms with E-state index in [0.717, 1.165) is 0 Å². The molecule has 0 saturated carbocycles.